The van der Waals surface area contributed by atoms with Crippen molar-refractivity contribution in [2.45, 2.75) is 111 Å². The second-order valence-electron chi connectivity index (χ2n) is 13.9. The van der Waals surface area contributed by atoms with Crippen molar-refractivity contribution in [2.75, 3.05) is 13.1 Å². The molecule has 242 valence electrons. The summed E-state index contributed by atoms with van der Waals surface area (Å²) in [5.74, 6) is 0.100. The van der Waals surface area contributed by atoms with E-state index in [1.165, 1.54) is 0 Å². The summed E-state index contributed by atoms with van der Waals surface area (Å²) in [6, 6.07) is 3.26. The lowest BCUT2D eigenvalue weighted by Crippen LogP contribution is -2.46. The lowest BCUT2D eigenvalue weighted by Gasteiger charge is -2.34. The number of hydrogen-bond acceptors (Lipinski definition) is 7. The highest BCUT2D eigenvalue weighted by Crippen LogP contribution is 2.41. The van der Waals surface area contributed by atoms with Crippen molar-refractivity contribution in [2.24, 2.45) is 4.99 Å². The Kier molecular flexibility index (Phi) is 9.81. The standard InChI is InChI=1S/C36H47ClN4O3S/c1-20(2)27(37)12-10-11-26-31(32(35(42)43)44-36(7,8)9)22(5)17-29-33(26)45-34(39-29)24-13-14-28-30(18-24)41(23(6)38-28)25-15-16-40(19-25)21(3)4/h10,12-14,17-18,21,25,28,30,32H,11,15-16,19H2,1-9H3,(H,42,43)/b12-10-/t25-,28?,30?,32+/m1/s1. The van der Waals surface area contributed by atoms with E-state index < -0.39 is 17.7 Å². The number of rotatable bonds is 9. The van der Waals surface area contributed by atoms with Gasteiger partial charge in [0.1, 0.15) is 5.01 Å². The molecule has 4 atom stereocenters. The van der Waals surface area contributed by atoms with E-state index in [0.717, 1.165) is 62.8 Å². The number of halogens is 1. The number of aliphatic carboxylic acids is 1. The van der Waals surface area contributed by atoms with Crippen molar-refractivity contribution >= 4 is 50.5 Å². The average Bonchev–Trinajstić information content (AvgIpc) is 3.67. The number of allylic oxidation sites excluding steroid dienone is 6. The first kappa shape index (κ1) is 33.6. The van der Waals surface area contributed by atoms with Crippen LogP contribution in [0.25, 0.3) is 15.8 Å². The van der Waals surface area contributed by atoms with E-state index in [1.54, 1.807) is 11.3 Å². The number of aromatic nitrogens is 1. The van der Waals surface area contributed by atoms with Crippen LogP contribution in [0.5, 0.6) is 0 Å². The molecule has 9 heteroatoms. The molecule has 1 aliphatic carbocycles. The summed E-state index contributed by atoms with van der Waals surface area (Å²) < 4.78 is 7.14. The highest BCUT2D eigenvalue weighted by molar-refractivity contribution is 7.19. The van der Waals surface area contributed by atoms with Gasteiger partial charge in [-0.05, 0) is 110 Å². The van der Waals surface area contributed by atoms with Crippen LogP contribution in [-0.4, -0.2) is 74.6 Å². The van der Waals surface area contributed by atoms with E-state index in [0.29, 0.717) is 29.1 Å². The minimum atomic E-state index is -1.11. The van der Waals surface area contributed by atoms with Gasteiger partial charge in [0.25, 0.3) is 0 Å². The van der Waals surface area contributed by atoms with Gasteiger partial charge in [0.05, 0.1) is 33.7 Å². The fraction of sp³-hybridized carbons (Fsp3) is 0.528. The summed E-state index contributed by atoms with van der Waals surface area (Å²) in [4.78, 5) is 27.9. The molecule has 1 saturated heterocycles. The van der Waals surface area contributed by atoms with Gasteiger partial charge in [0.2, 0.25) is 0 Å². The predicted octanol–water partition coefficient (Wildman–Crippen LogP) is 8.08. The van der Waals surface area contributed by atoms with Crippen LogP contribution in [0, 0.1) is 6.92 Å². The van der Waals surface area contributed by atoms with Crippen LogP contribution < -0.4 is 0 Å². The van der Waals surface area contributed by atoms with Crippen molar-refractivity contribution in [3.63, 3.8) is 0 Å². The van der Waals surface area contributed by atoms with Crippen LogP contribution in [0.4, 0.5) is 0 Å². The zero-order valence-electron chi connectivity index (χ0n) is 28.0. The maximum atomic E-state index is 12.7. The predicted molar refractivity (Wildman–Crippen MR) is 187 cm³/mol. The number of fused-ring (bicyclic) bond motifs is 2. The number of aliphatic imine (C=N–C) groups is 1. The first-order chi connectivity index (χ1) is 21.1. The SMILES string of the molecule is CC1=NC2C=CC(c3nc4cc(C)c([C@H](OC(C)(C)C)C(=O)O)c(C/C=C\C(Cl)=C(C)C)c4s3)=CC2N1[C@@H]1CCN(C(C)C)C1. The topological polar surface area (TPSA) is 78.3 Å². The zero-order chi connectivity index (χ0) is 32.8. The Morgan fingerprint density at radius 3 is 2.62 bits per heavy atom. The quantitative estimate of drug-likeness (QED) is 0.277. The van der Waals surface area contributed by atoms with Gasteiger partial charge in [-0.2, -0.15) is 0 Å². The van der Waals surface area contributed by atoms with Crippen LogP contribution >= 0.6 is 22.9 Å². The van der Waals surface area contributed by atoms with Gasteiger partial charge < -0.3 is 14.7 Å². The fourth-order valence-electron chi connectivity index (χ4n) is 6.64. The van der Waals surface area contributed by atoms with Crippen molar-refractivity contribution < 1.29 is 14.6 Å². The molecule has 1 aromatic heterocycles. The first-order valence-electron chi connectivity index (χ1n) is 15.9. The number of carboxylic acid groups (broad SMARTS) is 1. The lowest BCUT2D eigenvalue weighted by atomic mass is 9.93. The molecular formula is C36H47ClN4O3S. The number of ether oxygens (including phenoxy) is 1. The molecule has 1 fully saturated rings. The molecule has 2 aromatic rings. The fourth-order valence-corrected chi connectivity index (χ4v) is 7.85. The highest BCUT2D eigenvalue weighted by atomic mass is 35.5. The average molecular weight is 651 g/mol. The Labute approximate surface area is 277 Å². The maximum Gasteiger partial charge on any atom is 0.337 e. The summed E-state index contributed by atoms with van der Waals surface area (Å²) in [5.41, 5.74) is 4.78. The highest BCUT2D eigenvalue weighted by Gasteiger charge is 2.40. The van der Waals surface area contributed by atoms with E-state index in [-0.39, 0.29) is 12.1 Å². The monoisotopic (exact) mass is 650 g/mol. The molecule has 3 aliphatic rings. The second kappa shape index (κ2) is 13.1. The molecule has 2 aliphatic heterocycles. The molecule has 3 heterocycles. The molecular weight excluding hydrogens is 604 g/mol. The van der Waals surface area contributed by atoms with E-state index in [2.05, 4.69) is 48.8 Å². The van der Waals surface area contributed by atoms with Crippen molar-refractivity contribution in [3.8, 4) is 0 Å². The van der Waals surface area contributed by atoms with Crippen LogP contribution in [0.1, 0.15) is 89.6 Å². The summed E-state index contributed by atoms with van der Waals surface area (Å²) in [6.07, 6.45) is 11.1. The van der Waals surface area contributed by atoms with Gasteiger partial charge in [-0.15, -0.1) is 11.3 Å². The summed E-state index contributed by atoms with van der Waals surface area (Å²) in [5, 5.41) is 12.0. The molecule has 45 heavy (non-hydrogen) atoms. The van der Waals surface area contributed by atoms with Crippen LogP contribution in [-0.2, 0) is 16.0 Å². The van der Waals surface area contributed by atoms with Crippen molar-refractivity contribution in [3.05, 3.63) is 68.7 Å². The Hall–Kier alpha value is -2.78. The van der Waals surface area contributed by atoms with E-state index >= 15 is 0 Å². The Balaban J connectivity index is 1.57. The minimum absolute atomic E-state index is 0.108. The number of likely N-dealkylation sites (tertiary alicyclic amines) is 1. The van der Waals surface area contributed by atoms with Gasteiger partial charge >= 0.3 is 5.97 Å². The third-order valence-corrected chi connectivity index (χ3v) is 10.5. The van der Waals surface area contributed by atoms with Crippen LogP contribution in [0.2, 0.25) is 0 Å². The molecule has 0 radical (unpaired) electrons. The number of nitrogens with zero attached hydrogens (tertiary/aromatic N) is 4. The maximum absolute atomic E-state index is 12.7. The summed E-state index contributed by atoms with van der Waals surface area (Å²) in [7, 11) is 0. The zero-order valence-corrected chi connectivity index (χ0v) is 29.6. The lowest BCUT2D eigenvalue weighted by molar-refractivity contribution is -0.160. The smallest absolute Gasteiger partial charge is 0.337 e. The molecule has 5 rings (SSSR count). The van der Waals surface area contributed by atoms with Crippen molar-refractivity contribution in [1.82, 2.24) is 14.8 Å². The number of benzene rings is 1. The van der Waals surface area contributed by atoms with Gasteiger partial charge in [-0.3, -0.25) is 9.89 Å². The van der Waals surface area contributed by atoms with E-state index in [4.69, 9.17) is 26.3 Å². The molecule has 0 amide bonds. The van der Waals surface area contributed by atoms with Crippen LogP contribution in [0.15, 0.2) is 52.0 Å². The second-order valence-corrected chi connectivity index (χ2v) is 15.3. The number of carboxylic acids is 1. The Morgan fingerprint density at radius 2 is 2.00 bits per heavy atom. The van der Waals surface area contributed by atoms with Gasteiger partial charge in [-0.1, -0.05) is 35.4 Å². The molecule has 0 spiro atoms. The summed E-state index contributed by atoms with van der Waals surface area (Å²) >= 11 is 8.06. The van der Waals surface area contributed by atoms with E-state index in [9.17, 15) is 9.90 Å². The number of hydrogen-bond donors (Lipinski definition) is 1. The first-order valence-corrected chi connectivity index (χ1v) is 17.1. The number of carbonyl (C=O) groups is 1. The molecule has 7 nitrogen and oxygen atoms in total. The molecule has 0 bridgehead atoms. The van der Waals surface area contributed by atoms with Gasteiger partial charge in [0, 0.05) is 35.8 Å². The Morgan fingerprint density at radius 1 is 1.27 bits per heavy atom. The van der Waals surface area contributed by atoms with Crippen molar-refractivity contribution in [1.29, 1.82) is 0 Å². The molecule has 1 N–H and O–H groups in total. The van der Waals surface area contributed by atoms with E-state index in [1.807, 2.05) is 59.8 Å². The van der Waals surface area contributed by atoms with Gasteiger partial charge in [-0.25, -0.2) is 9.78 Å². The molecule has 1 aromatic carbocycles. The third kappa shape index (κ3) is 7.14. The van der Waals surface area contributed by atoms with Gasteiger partial charge in [0.15, 0.2) is 6.10 Å². The molecule has 0 saturated carbocycles. The minimum Gasteiger partial charge on any atom is -0.479 e. The third-order valence-electron chi connectivity index (χ3n) is 8.82. The summed E-state index contributed by atoms with van der Waals surface area (Å²) in [6.45, 7) is 20.4. The normalized spacial score (nSPS) is 22.8. The number of thiazole rings is 1. The largest absolute Gasteiger partial charge is 0.479 e. The molecule has 2 unspecified atom stereocenters. The van der Waals surface area contributed by atoms with Crippen LogP contribution in [0.3, 0.4) is 0 Å². The number of aryl methyl sites for hydroxylation is 1. The number of amidine groups is 1. The Bertz CT molecular complexity index is 1620.